The van der Waals surface area contributed by atoms with Crippen molar-refractivity contribution in [2.75, 3.05) is 16.8 Å². The Morgan fingerprint density at radius 1 is 1.35 bits per heavy atom. The van der Waals surface area contributed by atoms with Gasteiger partial charge in [0.05, 0.1) is 6.20 Å². The molecule has 1 aromatic heterocycles. The first kappa shape index (κ1) is 16.0. The quantitative estimate of drug-likeness (QED) is 0.902. The van der Waals surface area contributed by atoms with Crippen LogP contribution in [-0.4, -0.2) is 27.8 Å². The Bertz CT molecular complexity index is 676. The van der Waals surface area contributed by atoms with E-state index in [4.69, 9.17) is 11.6 Å². The molecule has 1 atom stereocenters. The summed E-state index contributed by atoms with van der Waals surface area (Å²) in [6.45, 7) is 5.20. The van der Waals surface area contributed by atoms with Crippen LogP contribution in [0.4, 0.5) is 17.5 Å². The first-order chi connectivity index (χ1) is 11.2. The fourth-order valence-corrected chi connectivity index (χ4v) is 3.22. The lowest BCUT2D eigenvalue weighted by Crippen LogP contribution is -2.40. The molecule has 3 rings (SSSR count). The van der Waals surface area contributed by atoms with Gasteiger partial charge in [0.25, 0.3) is 0 Å². The van der Waals surface area contributed by atoms with Gasteiger partial charge in [0, 0.05) is 23.3 Å². The smallest absolute Gasteiger partial charge is 0.247 e. The highest BCUT2D eigenvalue weighted by Gasteiger charge is 2.23. The Balaban J connectivity index is 1.83. The van der Waals surface area contributed by atoms with Crippen molar-refractivity contribution in [3.8, 4) is 0 Å². The molecule has 122 valence electrons. The van der Waals surface area contributed by atoms with Crippen LogP contribution in [0.15, 0.2) is 24.4 Å². The number of nitrogens with zero attached hydrogens (tertiary/aromatic N) is 4. The van der Waals surface area contributed by atoms with Crippen molar-refractivity contribution in [1.29, 1.82) is 0 Å². The van der Waals surface area contributed by atoms with Crippen LogP contribution in [0.25, 0.3) is 0 Å². The third-order valence-corrected chi connectivity index (χ3v) is 4.84. The molecule has 0 saturated carbocycles. The number of halogens is 1. The number of benzene rings is 1. The molecule has 1 N–H and O–H groups in total. The Hall–Kier alpha value is -1.88. The molecule has 1 unspecified atom stereocenters. The molecule has 0 spiro atoms. The summed E-state index contributed by atoms with van der Waals surface area (Å²) in [7, 11) is 0. The van der Waals surface area contributed by atoms with Gasteiger partial charge in [0.15, 0.2) is 5.82 Å². The highest BCUT2D eigenvalue weighted by Crippen LogP contribution is 2.27. The van der Waals surface area contributed by atoms with Crippen molar-refractivity contribution in [2.24, 2.45) is 0 Å². The zero-order chi connectivity index (χ0) is 16.2. The van der Waals surface area contributed by atoms with Crippen LogP contribution in [0.5, 0.6) is 0 Å². The average Bonchev–Trinajstić information content (AvgIpc) is 2.59. The van der Waals surface area contributed by atoms with Crippen LogP contribution in [0.1, 0.15) is 38.2 Å². The molecule has 1 aromatic carbocycles. The van der Waals surface area contributed by atoms with Crippen LogP contribution in [0.3, 0.4) is 0 Å². The van der Waals surface area contributed by atoms with Crippen molar-refractivity contribution in [1.82, 2.24) is 15.2 Å². The molecule has 1 saturated heterocycles. The number of hydrogen-bond acceptors (Lipinski definition) is 5. The molecule has 23 heavy (non-hydrogen) atoms. The van der Waals surface area contributed by atoms with Gasteiger partial charge in [-0.25, -0.2) is 0 Å². The molecule has 6 heteroatoms. The van der Waals surface area contributed by atoms with Gasteiger partial charge in [0.2, 0.25) is 5.95 Å². The molecule has 1 aliphatic heterocycles. The lowest BCUT2D eigenvalue weighted by molar-refractivity contribution is 0.442. The fraction of sp³-hybridized carbons (Fsp3) is 0.471. The van der Waals surface area contributed by atoms with E-state index in [-0.39, 0.29) is 0 Å². The number of piperidine rings is 1. The van der Waals surface area contributed by atoms with E-state index in [9.17, 15) is 0 Å². The zero-order valence-electron chi connectivity index (χ0n) is 13.6. The third kappa shape index (κ3) is 3.55. The third-order valence-electron chi connectivity index (χ3n) is 4.43. The van der Waals surface area contributed by atoms with Crippen molar-refractivity contribution >= 4 is 29.1 Å². The summed E-state index contributed by atoms with van der Waals surface area (Å²) in [5.41, 5.74) is 1.94. The van der Waals surface area contributed by atoms with Gasteiger partial charge in [-0.3, -0.25) is 0 Å². The normalized spacial score (nSPS) is 18.0. The SMILES string of the molecule is CCC1CCCCN1c1nncc(Nc2cccc(Cl)c2C)n1. The topological polar surface area (TPSA) is 53.9 Å². The average molecular weight is 332 g/mol. The highest BCUT2D eigenvalue weighted by molar-refractivity contribution is 6.31. The number of nitrogens with one attached hydrogen (secondary N) is 1. The number of rotatable bonds is 4. The molecule has 0 aliphatic carbocycles. The van der Waals surface area contributed by atoms with Crippen molar-refractivity contribution < 1.29 is 0 Å². The number of aromatic nitrogens is 3. The Morgan fingerprint density at radius 3 is 3.04 bits per heavy atom. The van der Waals surface area contributed by atoms with Crippen LogP contribution in [0, 0.1) is 6.92 Å². The lowest BCUT2D eigenvalue weighted by atomic mass is 10.0. The number of anilines is 3. The van der Waals surface area contributed by atoms with E-state index in [0.29, 0.717) is 17.8 Å². The molecule has 1 aliphatic rings. The van der Waals surface area contributed by atoms with Crippen LogP contribution in [0.2, 0.25) is 5.02 Å². The molecule has 2 heterocycles. The molecule has 2 aromatic rings. The minimum absolute atomic E-state index is 0.508. The molecule has 0 radical (unpaired) electrons. The van der Waals surface area contributed by atoms with E-state index in [1.165, 1.54) is 19.3 Å². The molecule has 0 bridgehead atoms. The van der Waals surface area contributed by atoms with E-state index >= 15 is 0 Å². The Kier molecular flexibility index (Phi) is 4.96. The van der Waals surface area contributed by atoms with Gasteiger partial charge in [0.1, 0.15) is 0 Å². The van der Waals surface area contributed by atoms with Gasteiger partial charge < -0.3 is 10.2 Å². The summed E-state index contributed by atoms with van der Waals surface area (Å²) in [6.07, 6.45) is 6.42. The van der Waals surface area contributed by atoms with E-state index in [1.54, 1.807) is 6.20 Å². The van der Waals surface area contributed by atoms with Gasteiger partial charge in [-0.15, -0.1) is 5.10 Å². The predicted molar refractivity (Wildman–Crippen MR) is 94.6 cm³/mol. The maximum absolute atomic E-state index is 6.17. The van der Waals surface area contributed by atoms with Gasteiger partial charge in [-0.05, 0) is 50.3 Å². The summed E-state index contributed by atoms with van der Waals surface area (Å²) < 4.78 is 0. The molecule has 1 fully saturated rings. The first-order valence-corrected chi connectivity index (χ1v) is 8.55. The fourth-order valence-electron chi connectivity index (χ4n) is 3.05. The largest absolute Gasteiger partial charge is 0.339 e. The lowest BCUT2D eigenvalue weighted by Gasteiger charge is -2.34. The van der Waals surface area contributed by atoms with E-state index in [0.717, 1.165) is 29.2 Å². The number of hydrogen-bond donors (Lipinski definition) is 1. The molecule has 5 nitrogen and oxygen atoms in total. The highest BCUT2D eigenvalue weighted by atomic mass is 35.5. The second-order valence-electron chi connectivity index (χ2n) is 5.93. The van der Waals surface area contributed by atoms with E-state index in [1.807, 2.05) is 25.1 Å². The predicted octanol–water partition coefficient (Wildman–Crippen LogP) is 4.35. The summed E-state index contributed by atoms with van der Waals surface area (Å²) in [4.78, 5) is 6.94. The summed E-state index contributed by atoms with van der Waals surface area (Å²) >= 11 is 6.17. The zero-order valence-corrected chi connectivity index (χ0v) is 14.3. The maximum Gasteiger partial charge on any atom is 0.247 e. The minimum Gasteiger partial charge on any atom is -0.339 e. The van der Waals surface area contributed by atoms with Crippen LogP contribution < -0.4 is 10.2 Å². The molecular formula is C17H22ClN5. The van der Waals surface area contributed by atoms with Crippen molar-refractivity contribution in [3.63, 3.8) is 0 Å². The van der Waals surface area contributed by atoms with E-state index < -0.39 is 0 Å². The standard InChI is InChI=1S/C17H22ClN5/c1-3-13-7-4-5-10-23(13)17-21-16(11-19-22-17)20-15-9-6-8-14(18)12(15)2/h6,8-9,11,13H,3-5,7,10H2,1-2H3,(H,20,21,22). The maximum atomic E-state index is 6.17. The first-order valence-electron chi connectivity index (χ1n) is 8.17. The van der Waals surface area contributed by atoms with Crippen molar-refractivity contribution in [2.45, 2.75) is 45.6 Å². The summed E-state index contributed by atoms with van der Waals surface area (Å²) in [6, 6.07) is 6.29. The van der Waals surface area contributed by atoms with Crippen molar-refractivity contribution in [3.05, 3.63) is 35.0 Å². The summed E-state index contributed by atoms with van der Waals surface area (Å²) in [5, 5.41) is 12.4. The van der Waals surface area contributed by atoms with Gasteiger partial charge in [-0.1, -0.05) is 24.6 Å². The second kappa shape index (κ2) is 7.13. The molecule has 0 amide bonds. The summed E-state index contributed by atoms with van der Waals surface area (Å²) in [5.74, 6) is 1.40. The van der Waals surface area contributed by atoms with Crippen LogP contribution in [-0.2, 0) is 0 Å². The van der Waals surface area contributed by atoms with Gasteiger partial charge in [-0.2, -0.15) is 10.1 Å². The monoisotopic (exact) mass is 331 g/mol. The Labute approximate surface area is 142 Å². The van der Waals surface area contributed by atoms with Gasteiger partial charge >= 0.3 is 0 Å². The second-order valence-corrected chi connectivity index (χ2v) is 6.34. The molecular weight excluding hydrogens is 310 g/mol. The minimum atomic E-state index is 0.508. The van der Waals surface area contributed by atoms with Crippen LogP contribution >= 0.6 is 11.6 Å². The van der Waals surface area contributed by atoms with E-state index in [2.05, 4.69) is 32.3 Å². The Morgan fingerprint density at radius 2 is 2.22 bits per heavy atom.